The summed E-state index contributed by atoms with van der Waals surface area (Å²) in [5.74, 6) is -1.81. The fourth-order valence-electron chi connectivity index (χ4n) is 1.07. The van der Waals surface area contributed by atoms with Crippen LogP contribution in [0.1, 0.15) is 35.8 Å². The molecule has 0 atom stereocenters. The highest BCUT2D eigenvalue weighted by Crippen LogP contribution is 2.17. The third-order valence-electron chi connectivity index (χ3n) is 1.67. The van der Waals surface area contributed by atoms with Gasteiger partial charge in [0.05, 0.1) is 11.3 Å². The summed E-state index contributed by atoms with van der Waals surface area (Å²) in [6.45, 7) is 3.54. The summed E-state index contributed by atoms with van der Waals surface area (Å²) in [4.78, 5) is 14.2. The van der Waals surface area contributed by atoms with Gasteiger partial charge in [0.15, 0.2) is 0 Å². The summed E-state index contributed by atoms with van der Waals surface area (Å²) in [5, 5.41) is 8.74. The van der Waals surface area contributed by atoms with Crippen molar-refractivity contribution in [3.8, 4) is 0 Å². The minimum atomic E-state index is -1.07. The van der Waals surface area contributed by atoms with Gasteiger partial charge in [-0.05, 0) is 18.1 Å². The van der Waals surface area contributed by atoms with E-state index < -0.39 is 11.9 Å². The van der Waals surface area contributed by atoms with Crippen LogP contribution in [0.5, 0.6) is 0 Å². The van der Waals surface area contributed by atoms with Crippen molar-refractivity contribution < 1.29 is 14.3 Å². The van der Waals surface area contributed by atoms with Gasteiger partial charge in [0.1, 0.15) is 0 Å². The SMILES string of the molecule is CC(C)c1nc(F)ccc1C(=O)O. The first-order chi connectivity index (χ1) is 6.02. The largest absolute Gasteiger partial charge is 0.478 e. The Morgan fingerprint density at radius 1 is 1.54 bits per heavy atom. The first-order valence-corrected chi connectivity index (χ1v) is 3.92. The molecule has 0 aliphatic rings. The van der Waals surface area contributed by atoms with E-state index in [1.54, 1.807) is 13.8 Å². The lowest BCUT2D eigenvalue weighted by Gasteiger charge is -2.07. The summed E-state index contributed by atoms with van der Waals surface area (Å²) in [7, 11) is 0. The van der Waals surface area contributed by atoms with Crippen molar-refractivity contribution in [1.29, 1.82) is 0 Å². The minimum absolute atomic E-state index is 0.0661. The number of carboxylic acid groups (broad SMARTS) is 1. The number of hydrogen-bond acceptors (Lipinski definition) is 2. The zero-order chi connectivity index (χ0) is 10.0. The maximum atomic E-state index is 12.7. The maximum Gasteiger partial charge on any atom is 0.337 e. The zero-order valence-corrected chi connectivity index (χ0v) is 7.41. The number of carboxylic acids is 1. The molecule has 13 heavy (non-hydrogen) atoms. The summed E-state index contributed by atoms with van der Waals surface area (Å²) >= 11 is 0. The Morgan fingerprint density at radius 3 is 2.62 bits per heavy atom. The third kappa shape index (κ3) is 2.02. The molecule has 0 aromatic carbocycles. The number of aromatic nitrogens is 1. The van der Waals surface area contributed by atoms with Gasteiger partial charge in [0, 0.05) is 0 Å². The van der Waals surface area contributed by atoms with Crippen LogP contribution in [0.15, 0.2) is 12.1 Å². The van der Waals surface area contributed by atoms with E-state index in [0.717, 1.165) is 6.07 Å². The number of pyridine rings is 1. The molecule has 0 bridgehead atoms. The van der Waals surface area contributed by atoms with Crippen molar-refractivity contribution in [1.82, 2.24) is 4.98 Å². The standard InChI is InChI=1S/C9H10FNO2/c1-5(2)8-6(9(12)13)3-4-7(10)11-8/h3-5H,1-2H3,(H,12,13). The fourth-order valence-corrected chi connectivity index (χ4v) is 1.07. The van der Waals surface area contributed by atoms with Crippen LogP contribution in [0.2, 0.25) is 0 Å². The fraction of sp³-hybridized carbons (Fsp3) is 0.333. The van der Waals surface area contributed by atoms with Gasteiger partial charge in [-0.2, -0.15) is 4.39 Å². The Bertz CT molecular complexity index is 336. The first-order valence-electron chi connectivity index (χ1n) is 3.92. The van der Waals surface area contributed by atoms with Crippen LogP contribution >= 0.6 is 0 Å². The van der Waals surface area contributed by atoms with Crippen molar-refractivity contribution in [3.63, 3.8) is 0 Å². The van der Waals surface area contributed by atoms with E-state index in [9.17, 15) is 9.18 Å². The monoisotopic (exact) mass is 183 g/mol. The maximum absolute atomic E-state index is 12.7. The molecule has 3 nitrogen and oxygen atoms in total. The van der Waals surface area contributed by atoms with E-state index in [0.29, 0.717) is 0 Å². The highest BCUT2D eigenvalue weighted by atomic mass is 19.1. The zero-order valence-electron chi connectivity index (χ0n) is 7.41. The van der Waals surface area contributed by atoms with E-state index >= 15 is 0 Å². The summed E-state index contributed by atoms with van der Waals surface area (Å²) in [6.07, 6.45) is 0. The van der Waals surface area contributed by atoms with Gasteiger partial charge in [0.2, 0.25) is 5.95 Å². The molecule has 1 aromatic heterocycles. The van der Waals surface area contributed by atoms with E-state index in [4.69, 9.17) is 5.11 Å². The van der Waals surface area contributed by atoms with Crippen molar-refractivity contribution >= 4 is 5.97 Å². The van der Waals surface area contributed by atoms with Crippen LogP contribution in [-0.4, -0.2) is 16.1 Å². The molecule has 0 aliphatic carbocycles. The molecule has 70 valence electrons. The molecule has 0 spiro atoms. The van der Waals surface area contributed by atoms with Gasteiger partial charge in [-0.3, -0.25) is 0 Å². The van der Waals surface area contributed by atoms with Crippen LogP contribution < -0.4 is 0 Å². The lowest BCUT2D eigenvalue weighted by Crippen LogP contribution is -2.07. The summed E-state index contributed by atoms with van der Waals surface area (Å²) in [6, 6.07) is 2.29. The topological polar surface area (TPSA) is 50.2 Å². The molecule has 0 saturated heterocycles. The molecule has 0 radical (unpaired) electrons. The average molecular weight is 183 g/mol. The van der Waals surface area contributed by atoms with Crippen LogP contribution in [0, 0.1) is 5.95 Å². The number of nitrogens with zero attached hydrogens (tertiary/aromatic N) is 1. The lowest BCUT2D eigenvalue weighted by molar-refractivity contribution is 0.0694. The molecular formula is C9H10FNO2. The highest BCUT2D eigenvalue weighted by molar-refractivity contribution is 5.88. The summed E-state index contributed by atoms with van der Waals surface area (Å²) < 4.78 is 12.7. The Labute approximate surface area is 75.2 Å². The van der Waals surface area contributed by atoms with Gasteiger partial charge in [-0.1, -0.05) is 13.8 Å². The Hall–Kier alpha value is -1.45. The Balaban J connectivity index is 3.26. The van der Waals surface area contributed by atoms with Crippen LogP contribution in [0.4, 0.5) is 4.39 Å². The van der Waals surface area contributed by atoms with Crippen molar-refractivity contribution in [3.05, 3.63) is 29.3 Å². The molecule has 1 heterocycles. The molecule has 1 aromatic rings. The van der Waals surface area contributed by atoms with Crippen LogP contribution in [0.3, 0.4) is 0 Å². The smallest absolute Gasteiger partial charge is 0.337 e. The Morgan fingerprint density at radius 2 is 2.15 bits per heavy atom. The predicted octanol–water partition coefficient (Wildman–Crippen LogP) is 2.04. The van der Waals surface area contributed by atoms with Crippen molar-refractivity contribution in [2.45, 2.75) is 19.8 Å². The molecule has 0 unspecified atom stereocenters. The predicted molar refractivity (Wildman–Crippen MR) is 45.2 cm³/mol. The van der Waals surface area contributed by atoms with E-state index in [1.807, 2.05) is 0 Å². The molecule has 0 aliphatic heterocycles. The quantitative estimate of drug-likeness (QED) is 0.714. The van der Waals surface area contributed by atoms with Crippen LogP contribution in [-0.2, 0) is 0 Å². The number of rotatable bonds is 2. The van der Waals surface area contributed by atoms with Crippen LogP contribution in [0.25, 0.3) is 0 Å². The minimum Gasteiger partial charge on any atom is -0.478 e. The second kappa shape index (κ2) is 3.51. The molecular weight excluding hydrogens is 173 g/mol. The van der Waals surface area contributed by atoms with Gasteiger partial charge in [-0.15, -0.1) is 0 Å². The van der Waals surface area contributed by atoms with E-state index in [1.165, 1.54) is 6.07 Å². The average Bonchev–Trinajstić information content (AvgIpc) is 2.03. The number of halogens is 1. The first kappa shape index (κ1) is 9.64. The second-order valence-corrected chi connectivity index (χ2v) is 3.03. The molecule has 4 heteroatoms. The second-order valence-electron chi connectivity index (χ2n) is 3.03. The van der Waals surface area contributed by atoms with Gasteiger partial charge < -0.3 is 5.11 Å². The van der Waals surface area contributed by atoms with Gasteiger partial charge in [0.25, 0.3) is 0 Å². The lowest BCUT2D eigenvalue weighted by atomic mass is 10.0. The van der Waals surface area contributed by atoms with E-state index in [-0.39, 0.29) is 17.2 Å². The number of aromatic carboxylic acids is 1. The third-order valence-corrected chi connectivity index (χ3v) is 1.67. The molecule has 0 amide bonds. The van der Waals surface area contributed by atoms with E-state index in [2.05, 4.69) is 4.98 Å². The summed E-state index contributed by atoms with van der Waals surface area (Å²) in [5.41, 5.74) is 0.351. The number of hydrogen-bond donors (Lipinski definition) is 1. The van der Waals surface area contributed by atoms with Crippen molar-refractivity contribution in [2.24, 2.45) is 0 Å². The molecule has 1 N–H and O–H groups in total. The van der Waals surface area contributed by atoms with Crippen molar-refractivity contribution in [2.75, 3.05) is 0 Å². The molecule has 0 saturated carbocycles. The Kier molecular flexibility index (Phi) is 2.60. The van der Waals surface area contributed by atoms with Gasteiger partial charge in [-0.25, -0.2) is 9.78 Å². The van der Waals surface area contributed by atoms with Gasteiger partial charge >= 0.3 is 5.97 Å². The highest BCUT2D eigenvalue weighted by Gasteiger charge is 2.14. The number of carbonyl (C=O) groups is 1. The normalized spacial score (nSPS) is 10.5. The molecule has 0 fully saturated rings. The molecule has 1 rings (SSSR count).